The van der Waals surface area contributed by atoms with Crippen molar-refractivity contribution in [3.63, 3.8) is 0 Å². The molecule has 2 heterocycles. The van der Waals surface area contributed by atoms with Crippen LogP contribution >= 0.6 is 0 Å². The maximum absolute atomic E-state index is 12.4. The van der Waals surface area contributed by atoms with Gasteiger partial charge in [-0.05, 0) is 51.6 Å². The van der Waals surface area contributed by atoms with Crippen molar-refractivity contribution in [2.45, 2.75) is 45.2 Å². The van der Waals surface area contributed by atoms with Gasteiger partial charge in [0.25, 0.3) is 5.91 Å². The van der Waals surface area contributed by atoms with E-state index in [1.807, 2.05) is 10.8 Å². The van der Waals surface area contributed by atoms with E-state index in [0.717, 1.165) is 19.1 Å². The summed E-state index contributed by atoms with van der Waals surface area (Å²) >= 11 is 0. The number of nitrogens with one attached hydrogen (secondary N) is 1. The van der Waals surface area contributed by atoms with Crippen molar-refractivity contribution in [1.29, 1.82) is 0 Å². The largest absolute Gasteiger partial charge is 0.397 e. The molecule has 1 unspecified atom stereocenters. The van der Waals surface area contributed by atoms with Crippen molar-refractivity contribution >= 4 is 11.6 Å². The van der Waals surface area contributed by atoms with Crippen LogP contribution in [0.25, 0.3) is 0 Å². The van der Waals surface area contributed by atoms with E-state index in [1.54, 1.807) is 6.07 Å². The second-order valence-electron chi connectivity index (χ2n) is 6.75. The van der Waals surface area contributed by atoms with Crippen LogP contribution < -0.4 is 11.1 Å². The summed E-state index contributed by atoms with van der Waals surface area (Å²) in [6, 6.07) is 2.84. The molecule has 1 aromatic heterocycles. The lowest BCUT2D eigenvalue weighted by molar-refractivity contribution is 0.0936. The molecular formula is C16H26N4O. The first-order valence-corrected chi connectivity index (χ1v) is 8.04. The van der Waals surface area contributed by atoms with Crippen LogP contribution in [0.4, 0.5) is 5.69 Å². The van der Waals surface area contributed by atoms with Gasteiger partial charge in [0, 0.05) is 31.4 Å². The number of rotatable bonds is 5. The molecule has 1 aliphatic heterocycles. The first-order valence-electron chi connectivity index (χ1n) is 8.04. The van der Waals surface area contributed by atoms with Gasteiger partial charge in [0.05, 0.1) is 5.69 Å². The Morgan fingerprint density at radius 3 is 2.86 bits per heavy atom. The van der Waals surface area contributed by atoms with Crippen LogP contribution in [0, 0.1) is 5.92 Å². The average Bonchev–Trinajstić information content (AvgIpc) is 3.05. The number of likely N-dealkylation sites (tertiary alicyclic amines) is 1. The summed E-state index contributed by atoms with van der Waals surface area (Å²) < 4.78 is 1.94. The fourth-order valence-corrected chi connectivity index (χ4v) is 3.24. The molecule has 5 nitrogen and oxygen atoms in total. The van der Waals surface area contributed by atoms with Crippen LogP contribution in [0.15, 0.2) is 12.3 Å². The van der Waals surface area contributed by atoms with Crippen LogP contribution in [-0.2, 0) is 0 Å². The maximum atomic E-state index is 12.4. The lowest BCUT2D eigenvalue weighted by Gasteiger charge is -2.16. The highest BCUT2D eigenvalue weighted by molar-refractivity contribution is 5.93. The van der Waals surface area contributed by atoms with Gasteiger partial charge < -0.3 is 20.5 Å². The van der Waals surface area contributed by atoms with Gasteiger partial charge in [-0.3, -0.25) is 4.79 Å². The first kappa shape index (κ1) is 14.4. The summed E-state index contributed by atoms with van der Waals surface area (Å²) in [4.78, 5) is 14.9. The Balaban J connectivity index is 1.54. The molecule has 1 aromatic rings. The lowest BCUT2D eigenvalue weighted by atomic mass is 10.1. The van der Waals surface area contributed by atoms with Crippen LogP contribution in [0.1, 0.15) is 49.6 Å². The van der Waals surface area contributed by atoms with Crippen molar-refractivity contribution in [2.24, 2.45) is 5.92 Å². The van der Waals surface area contributed by atoms with E-state index in [2.05, 4.69) is 24.1 Å². The molecule has 0 radical (unpaired) electrons. The molecule has 21 heavy (non-hydrogen) atoms. The third-order valence-corrected chi connectivity index (χ3v) is 4.59. The minimum atomic E-state index is -0.00901. The van der Waals surface area contributed by atoms with E-state index in [1.165, 1.54) is 25.8 Å². The quantitative estimate of drug-likeness (QED) is 0.870. The summed E-state index contributed by atoms with van der Waals surface area (Å²) in [5, 5.41) is 3.09. The fourth-order valence-electron chi connectivity index (χ4n) is 3.24. The van der Waals surface area contributed by atoms with E-state index in [0.29, 0.717) is 17.3 Å². The summed E-state index contributed by atoms with van der Waals surface area (Å²) in [5.74, 6) is 0.583. The molecule has 3 N–H and O–H groups in total. The molecule has 1 saturated heterocycles. The zero-order valence-electron chi connectivity index (χ0n) is 13.0. The highest BCUT2D eigenvalue weighted by Crippen LogP contribution is 2.31. The Morgan fingerprint density at radius 2 is 2.19 bits per heavy atom. The molecule has 0 spiro atoms. The summed E-state index contributed by atoms with van der Waals surface area (Å²) in [6.07, 6.45) is 5.76. The Bertz CT molecular complexity index is 518. The molecule has 1 saturated carbocycles. The molecule has 3 rings (SSSR count). The Hall–Kier alpha value is -1.49. The molecule has 0 aromatic carbocycles. The molecule has 0 bridgehead atoms. The van der Waals surface area contributed by atoms with Gasteiger partial charge in [-0.15, -0.1) is 0 Å². The Labute approximate surface area is 126 Å². The molecule has 5 heteroatoms. The van der Waals surface area contributed by atoms with E-state index in [4.69, 9.17) is 5.73 Å². The molecule has 1 aliphatic carbocycles. The van der Waals surface area contributed by atoms with E-state index in [9.17, 15) is 4.79 Å². The minimum Gasteiger partial charge on any atom is -0.397 e. The monoisotopic (exact) mass is 290 g/mol. The smallest absolute Gasteiger partial charge is 0.268 e. The summed E-state index contributed by atoms with van der Waals surface area (Å²) in [6.45, 7) is 7.21. The maximum Gasteiger partial charge on any atom is 0.268 e. The lowest BCUT2D eigenvalue weighted by Crippen LogP contribution is -2.32. The molecular weight excluding hydrogens is 264 g/mol. The number of amides is 1. The van der Waals surface area contributed by atoms with E-state index >= 15 is 0 Å². The van der Waals surface area contributed by atoms with Gasteiger partial charge in [-0.2, -0.15) is 0 Å². The normalized spacial score (nSPS) is 22.9. The van der Waals surface area contributed by atoms with Gasteiger partial charge in [0.2, 0.25) is 0 Å². The molecule has 1 amide bonds. The highest BCUT2D eigenvalue weighted by Gasteiger charge is 2.34. The molecule has 1 atom stereocenters. The first-order chi connectivity index (χ1) is 10.0. The number of carbonyl (C=O) groups is 1. The zero-order valence-corrected chi connectivity index (χ0v) is 13.0. The van der Waals surface area contributed by atoms with Gasteiger partial charge in [0.1, 0.15) is 5.69 Å². The SMILES string of the molecule is CC(C)n1cc(N)cc1C(=O)NCC1CCN(C2CC2)C1. The number of hydrogen-bond donors (Lipinski definition) is 2. The summed E-state index contributed by atoms with van der Waals surface area (Å²) in [5.41, 5.74) is 7.14. The number of carbonyl (C=O) groups excluding carboxylic acids is 1. The van der Waals surface area contributed by atoms with Gasteiger partial charge in [-0.1, -0.05) is 0 Å². The number of hydrogen-bond acceptors (Lipinski definition) is 3. The number of nitrogen functional groups attached to an aromatic ring is 1. The van der Waals surface area contributed by atoms with Crippen LogP contribution in [0.2, 0.25) is 0 Å². The van der Waals surface area contributed by atoms with Gasteiger partial charge in [0.15, 0.2) is 0 Å². The minimum absolute atomic E-state index is 0.00901. The number of anilines is 1. The second-order valence-corrected chi connectivity index (χ2v) is 6.75. The predicted octanol–water partition coefficient (Wildman–Crippen LogP) is 1.87. The van der Waals surface area contributed by atoms with Crippen molar-refractivity contribution in [3.05, 3.63) is 18.0 Å². The standard InChI is InChI=1S/C16H26N4O/c1-11(2)20-10-13(17)7-15(20)16(21)18-8-12-5-6-19(9-12)14-3-4-14/h7,10-12,14H,3-6,8-9,17H2,1-2H3,(H,18,21). The van der Waals surface area contributed by atoms with Crippen molar-refractivity contribution in [2.75, 3.05) is 25.4 Å². The number of nitrogens with zero attached hydrogens (tertiary/aromatic N) is 2. The number of aromatic nitrogens is 1. The fraction of sp³-hybridized carbons (Fsp3) is 0.688. The van der Waals surface area contributed by atoms with Crippen molar-refractivity contribution in [1.82, 2.24) is 14.8 Å². The Kier molecular flexibility index (Phi) is 3.93. The third kappa shape index (κ3) is 3.23. The topological polar surface area (TPSA) is 63.3 Å². The van der Waals surface area contributed by atoms with E-state index in [-0.39, 0.29) is 11.9 Å². The molecule has 2 fully saturated rings. The third-order valence-electron chi connectivity index (χ3n) is 4.59. The predicted molar refractivity (Wildman–Crippen MR) is 84.3 cm³/mol. The van der Waals surface area contributed by atoms with Gasteiger partial charge >= 0.3 is 0 Å². The van der Waals surface area contributed by atoms with Gasteiger partial charge in [-0.25, -0.2) is 0 Å². The van der Waals surface area contributed by atoms with Crippen molar-refractivity contribution < 1.29 is 4.79 Å². The van der Waals surface area contributed by atoms with Crippen molar-refractivity contribution in [3.8, 4) is 0 Å². The second kappa shape index (κ2) is 5.72. The number of nitrogens with two attached hydrogens (primary N) is 1. The average molecular weight is 290 g/mol. The van der Waals surface area contributed by atoms with Crippen LogP contribution in [-0.4, -0.2) is 41.1 Å². The summed E-state index contributed by atoms with van der Waals surface area (Å²) in [7, 11) is 0. The zero-order chi connectivity index (χ0) is 15.0. The molecule has 2 aliphatic rings. The van der Waals surface area contributed by atoms with Crippen LogP contribution in [0.3, 0.4) is 0 Å². The molecule has 116 valence electrons. The van der Waals surface area contributed by atoms with E-state index < -0.39 is 0 Å². The van der Waals surface area contributed by atoms with Crippen LogP contribution in [0.5, 0.6) is 0 Å². The highest BCUT2D eigenvalue weighted by atomic mass is 16.1. The Morgan fingerprint density at radius 1 is 1.43 bits per heavy atom.